The van der Waals surface area contributed by atoms with Gasteiger partial charge in [0, 0.05) is 12.5 Å². The summed E-state index contributed by atoms with van der Waals surface area (Å²) in [7, 11) is 0. The van der Waals surface area contributed by atoms with Crippen molar-refractivity contribution in [1.29, 1.82) is 0 Å². The SMILES string of the molecule is O=[N+]([O-])c1c(NCC2CCCC2O)ccc2scnc12. The largest absolute Gasteiger partial charge is 0.393 e. The topological polar surface area (TPSA) is 88.3 Å². The number of aliphatic hydroxyl groups is 1. The van der Waals surface area contributed by atoms with Gasteiger partial charge in [-0.05, 0) is 25.0 Å². The second-order valence-electron chi connectivity index (χ2n) is 5.06. The van der Waals surface area contributed by atoms with E-state index in [1.807, 2.05) is 6.07 Å². The molecule has 0 aliphatic heterocycles. The summed E-state index contributed by atoms with van der Waals surface area (Å²) in [6.45, 7) is 0.553. The van der Waals surface area contributed by atoms with Crippen LogP contribution in [0.2, 0.25) is 0 Å². The van der Waals surface area contributed by atoms with Crippen LogP contribution in [0.25, 0.3) is 10.2 Å². The van der Waals surface area contributed by atoms with Crippen LogP contribution in [0.1, 0.15) is 19.3 Å². The van der Waals surface area contributed by atoms with Crippen molar-refractivity contribution >= 4 is 32.9 Å². The highest BCUT2D eigenvalue weighted by Gasteiger charge is 2.26. The number of nitrogens with one attached hydrogen (secondary N) is 1. The van der Waals surface area contributed by atoms with Gasteiger partial charge in [0.05, 0.1) is 21.2 Å². The number of hydrogen-bond acceptors (Lipinski definition) is 6. The zero-order valence-corrected chi connectivity index (χ0v) is 11.6. The number of nitrogens with zero attached hydrogens (tertiary/aromatic N) is 2. The van der Waals surface area contributed by atoms with Crippen molar-refractivity contribution in [3.8, 4) is 0 Å². The molecule has 1 aliphatic carbocycles. The van der Waals surface area contributed by atoms with Gasteiger partial charge in [0.25, 0.3) is 0 Å². The van der Waals surface area contributed by atoms with Crippen LogP contribution in [0.3, 0.4) is 0 Å². The highest BCUT2D eigenvalue weighted by Crippen LogP contribution is 2.35. The van der Waals surface area contributed by atoms with Crippen LogP contribution >= 0.6 is 11.3 Å². The number of thiazole rings is 1. The Hall–Kier alpha value is -1.73. The molecule has 20 heavy (non-hydrogen) atoms. The molecule has 0 saturated heterocycles. The molecule has 1 fully saturated rings. The van der Waals surface area contributed by atoms with Gasteiger partial charge in [-0.3, -0.25) is 10.1 Å². The molecule has 2 N–H and O–H groups in total. The summed E-state index contributed by atoms with van der Waals surface area (Å²) < 4.78 is 0.808. The standard InChI is InChI=1S/C13H15N3O3S/c17-10-3-1-2-8(10)6-14-9-4-5-11-12(15-7-20-11)13(9)16(18)19/h4-5,7-8,10,14,17H,1-3,6H2. The van der Waals surface area contributed by atoms with Gasteiger partial charge in [-0.25, -0.2) is 4.98 Å². The van der Waals surface area contributed by atoms with Crippen LogP contribution in [0, 0.1) is 16.0 Å². The van der Waals surface area contributed by atoms with E-state index < -0.39 is 4.92 Å². The van der Waals surface area contributed by atoms with E-state index in [-0.39, 0.29) is 17.7 Å². The van der Waals surface area contributed by atoms with E-state index >= 15 is 0 Å². The number of fused-ring (bicyclic) bond motifs is 1. The molecule has 0 bridgehead atoms. The predicted molar refractivity (Wildman–Crippen MR) is 78.1 cm³/mol. The average molecular weight is 293 g/mol. The molecule has 1 aromatic heterocycles. The third-order valence-corrected chi connectivity index (χ3v) is 4.63. The quantitative estimate of drug-likeness (QED) is 0.668. The minimum Gasteiger partial charge on any atom is -0.393 e. The number of nitro benzene ring substituents is 1. The summed E-state index contributed by atoms with van der Waals surface area (Å²) in [5.41, 5.74) is 2.54. The Morgan fingerprint density at radius 1 is 1.50 bits per heavy atom. The number of rotatable bonds is 4. The number of aromatic nitrogens is 1. The first-order valence-electron chi connectivity index (χ1n) is 6.59. The van der Waals surface area contributed by atoms with Crippen LogP contribution in [-0.4, -0.2) is 27.7 Å². The highest BCUT2D eigenvalue weighted by molar-refractivity contribution is 7.16. The lowest BCUT2D eigenvalue weighted by Crippen LogP contribution is -2.22. The lowest BCUT2D eigenvalue weighted by atomic mass is 10.1. The van der Waals surface area contributed by atoms with Crippen molar-refractivity contribution < 1.29 is 10.0 Å². The van der Waals surface area contributed by atoms with Crippen molar-refractivity contribution in [1.82, 2.24) is 4.98 Å². The fourth-order valence-electron chi connectivity index (χ4n) is 2.74. The van der Waals surface area contributed by atoms with Crippen LogP contribution in [0.5, 0.6) is 0 Å². The van der Waals surface area contributed by atoms with Crippen LogP contribution in [0.15, 0.2) is 17.6 Å². The molecule has 0 radical (unpaired) electrons. The molecule has 7 heteroatoms. The molecule has 1 aromatic carbocycles. The van der Waals surface area contributed by atoms with E-state index in [4.69, 9.17) is 0 Å². The van der Waals surface area contributed by atoms with Crippen LogP contribution in [-0.2, 0) is 0 Å². The molecule has 0 spiro atoms. The maximum atomic E-state index is 11.3. The summed E-state index contributed by atoms with van der Waals surface area (Å²) in [4.78, 5) is 15.0. The normalized spacial score (nSPS) is 22.2. The summed E-state index contributed by atoms with van der Waals surface area (Å²) in [6, 6.07) is 3.56. The Morgan fingerprint density at radius 3 is 3.05 bits per heavy atom. The third kappa shape index (κ3) is 2.34. The van der Waals surface area contributed by atoms with Gasteiger partial charge < -0.3 is 10.4 Å². The smallest absolute Gasteiger partial charge is 0.319 e. The second-order valence-corrected chi connectivity index (χ2v) is 5.94. The molecule has 3 rings (SSSR count). The molecule has 0 amide bonds. The second kappa shape index (κ2) is 5.34. The molecule has 6 nitrogen and oxygen atoms in total. The van der Waals surface area contributed by atoms with E-state index in [1.54, 1.807) is 11.6 Å². The summed E-state index contributed by atoms with van der Waals surface area (Å²) in [5.74, 6) is 0.167. The number of benzene rings is 1. The average Bonchev–Trinajstić information content (AvgIpc) is 3.03. The van der Waals surface area contributed by atoms with E-state index in [0.29, 0.717) is 17.7 Å². The molecule has 2 aromatic rings. The molecule has 106 valence electrons. The van der Waals surface area contributed by atoms with Gasteiger partial charge in [-0.2, -0.15) is 0 Å². The van der Waals surface area contributed by atoms with Crippen molar-refractivity contribution in [2.45, 2.75) is 25.4 Å². The van der Waals surface area contributed by atoms with E-state index in [0.717, 1.165) is 24.0 Å². The number of anilines is 1. The van der Waals surface area contributed by atoms with Crippen molar-refractivity contribution in [3.05, 3.63) is 27.8 Å². The fraction of sp³-hybridized carbons (Fsp3) is 0.462. The fourth-order valence-corrected chi connectivity index (χ4v) is 3.42. The maximum Gasteiger partial charge on any atom is 0.319 e. The van der Waals surface area contributed by atoms with Crippen molar-refractivity contribution in [2.75, 3.05) is 11.9 Å². The zero-order valence-electron chi connectivity index (χ0n) is 10.8. The van der Waals surface area contributed by atoms with Gasteiger partial charge in [0.2, 0.25) is 0 Å². The lowest BCUT2D eigenvalue weighted by Gasteiger charge is -2.16. The maximum absolute atomic E-state index is 11.3. The molecular weight excluding hydrogens is 278 g/mol. The van der Waals surface area contributed by atoms with Gasteiger partial charge in [0.15, 0.2) is 5.52 Å². The molecule has 2 atom stereocenters. The monoisotopic (exact) mass is 293 g/mol. The molecular formula is C13H15N3O3S. The Morgan fingerprint density at radius 2 is 2.35 bits per heavy atom. The summed E-state index contributed by atoms with van der Waals surface area (Å²) in [6.07, 6.45) is 2.49. The first-order valence-corrected chi connectivity index (χ1v) is 7.47. The third-order valence-electron chi connectivity index (χ3n) is 3.83. The lowest BCUT2D eigenvalue weighted by molar-refractivity contribution is -0.382. The van der Waals surface area contributed by atoms with Gasteiger partial charge in [-0.1, -0.05) is 6.42 Å². The Kier molecular flexibility index (Phi) is 3.54. The minimum atomic E-state index is -0.393. The summed E-state index contributed by atoms with van der Waals surface area (Å²) in [5, 5.41) is 24.2. The van der Waals surface area contributed by atoms with Crippen LogP contribution < -0.4 is 5.32 Å². The van der Waals surface area contributed by atoms with Crippen molar-refractivity contribution in [3.63, 3.8) is 0 Å². The Balaban J connectivity index is 1.86. The van der Waals surface area contributed by atoms with E-state index in [2.05, 4.69) is 10.3 Å². The van der Waals surface area contributed by atoms with E-state index in [9.17, 15) is 15.2 Å². The Bertz CT molecular complexity index is 643. The molecule has 2 unspecified atom stereocenters. The predicted octanol–water partition coefficient (Wildman–Crippen LogP) is 2.78. The zero-order chi connectivity index (χ0) is 14.1. The summed E-state index contributed by atoms with van der Waals surface area (Å²) >= 11 is 1.39. The number of nitro groups is 1. The highest BCUT2D eigenvalue weighted by atomic mass is 32.1. The van der Waals surface area contributed by atoms with Crippen molar-refractivity contribution in [2.24, 2.45) is 5.92 Å². The van der Waals surface area contributed by atoms with Gasteiger partial charge in [0.1, 0.15) is 5.69 Å². The number of aliphatic hydroxyl groups excluding tert-OH is 1. The molecule has 1 aliphatic rings. The molecule has 1 heterocycles. The molecule has 1 saturated carbocycles. The van der Waals surface area contributed by atoms with Gasteiger partial charge >= 0.3 is 5.69 Å². The van der Waals surface area contributed by atoms with E-state index in [1.165, 1.54) is 11.3 Å². The first kappa shape index (κ1) is 13.3. The van der Waals surface area contributed by atoms with Crippen LogP contribution in [0.4, 0.5) is 11.4 Å². The van der Waals surface area contributed by atoms with Gasteiger partial charge in [-0.15, -0.1) is 11.3 Å². The first-order chi connectivity index (χ1) is 9.66. The Labute approximate surface area is 119 Å². The number of hydrogen-bond donors (Lipinski definition) is 2. The minimum absolute atomic E-state index is 0.0243.